The second-order valence-corrected chi connectivity index (χ2v) is 3.47. The summed E-state index contributed by atoms with van der Waals surface area (Å²) in [4.78, 5) is 14.1. The number of aliphatic hydroxyl groups excluding tert-OH is 1. The first kappa shape index (κ1) is 12.9. The maximum atomic E-state index is 8.79. The number of nitrogens with one attached hydrogen (secondary N) is 1. The highest BCUT2D eigenvalue weighted by molar-refractivity contribution is 6.28. The van der Waals surface area contributed by atoms with Crippen LogP contribution in [0.1, 0.15) is 13.3 Å². The summed E-state index contributed by atoms with van der Waals surface area (Å²) in [7, 11) is 1.72. The summed E-state index contributed by atoms with van der Waals surface area (Å²) in [6.45, 7) is 3.59. The van der Waals surface area contributed by atoms with Gasteiger partial charge in [0.25, 0.3) is 0 Å². The van der Waals surface area contributed by atoms with E-state index >= 15 is 0 Å². The zero-order valence-corrected chi connectivity index (χ0v) is 10.2. The van der Waals surface area contributed by atoms with Crippen LogP contribution in [0.3, 0.4) is 0 Å². The molecule has 1 heterocycles. The van der Waals surface area contributed by atoms with Crippen LogP contribution in [0.5, 0.6) is 0 Å². The van der Waals surface area contributed by atoms with Gasteiger partial charge in [0.2, 0.25) is 17.2 Å². The molecule has 0 bridgehead atoms. The molecule has 0 spiro atoms. The first-order chi connectivity index (χ1) is 7.71. The van der Waals surface area contributed by atoms with Gasteiger partial charge in [-0.2, -0.15) is 15.0 Å². The molecule has 0 unspecified atom stereocenters. The van der Waals surface area contributed by atoms with Gasteiger partial charge >= 0.3 is 0 Å². The molecule has 0 radical (unpaired) electrons. The molecule has 1 aromatic heterocycles. The predicted octanol–water partition coefficient (Wildman–Crippen LogP) is 0.775. The zero-order chi connectivity index (χ0) is 12.0. The van der Waals surface area contributed by atoms with E-state index in [0.717, 1.165) is 6.54 Å². The summed E-state index contributed by atoms with van der Waals surface area (Å²) in [5, 5.41) is 11.8. The van der Waals surface area contributed by atoms with Gasteiger partial charge in [-0.25, -0.2) is 0 Å². The minimum Gasteiger partial charge on any atom is -0.396 e. The van der Waals surface area contributed by atoms with Gasteiger partial charge in [-0.05, 0) is 24.9 Å². The van der Waals surface area contributed by atoms with Crippen LogP contribution in [0.15, 0.2) is 0 Å². The van der Waals surface area contributed by atoms with Crippen molar-refractivity contribution in [2.24, 2.45) is 0 Å². The van der Waals surface area contributed by atoms with Crippen molar-refractivity contribution >= 4 is 23.5 Å². The van der Waals surface area contributed by atoms with Crippen molar-refractivity contribution in [1.82, 2.24) is 15.0 Å². The van der Waals surface area contributed by atoms with Gasteiger partial charge < -0.3 is 15.3 Å². The molecule has 0 aromatic carbocycles. The Morgan fingerprint density at radius 1 is 1.38 bits per heavy atom. The Balaban J connectivity index is 2.86. The van der Waals surface area contributed by atoms with E-state index in [1.165, 1.54) is 0 Å². The van der Waals surface area contributed by atoms with Gasteiger partial charge in [0.15, 0.2) is 0 Å². The monoisotopic (exact) mass is 245 g/mol. The van der Waals surface area contributed by atoms with Crippen molar-refractivity contribution in [2.45, 2.75) is 13.3 Å². The van der Waals surface area contributed by atoms with Crippen molar-refractivity contribution in [1.29, 1.82) is 0 Å². The molecule has 0 aliphatic heterocycles. The normalized spacial score (nSPS) is 10.2. The summed E-state index contributed by atoms with van der Waals surface area (Å²) in [5.74, 6) is 0.970. The Labute approximate surface area is 99.7 Å². The van der Waals surface area contributed by atoms with E-state index in [1.807, 2.05) is 11.8 Å². The third kappa shape index (κ3) is 3.46. The molecule has 0 amide bonds. The van der Waals surface area contributed by atoms with E-state index in [4.69, 9.17) is 16.7 Å². The second kappa shape index (κ2) is 6.44. The van der Waals surface area contributed by atoms with Crippen LogP contribution in [-0.2, 0) is 0 Å². The van der Waals surface area contributed by atoms with Gasteiger partial charge in [-0.1, -0.05) is 0 Å². The number of halogens is 1. The van der Waals surface area contributed by atoms with Crippen LogP contribution >= 0.6 is 11.6 Å². The van der Waals surface area contributed by atoms with Crippen molar-refractivity contribution in [2.75, 3.05) is 37.0 Å². The van der Waals surface area contributed by atoms with Crippen LogP contribution in [-0.4, -0.2) is 46.8 Å². The largest absolute Gasteiger partial charge is 0.396 e. The van der Waals surface area contributed by atoms with E-state index in [-0.39, 0.29) is 11.9 Å². The Bertz CT molecular complexity index is 336. The minimum atomic E-state index is 0.147. The molecule has 90 valence electrons. The molecule has 0 saturated heterocycles. The molecule has 1 rings (SSSR count). The van der Waals surface area contributed by atoms with Gasteiger partial charge in [0.05, 0.1) is 0 Å². The lowest BCUT2D eigenvalue weighted by atomic mass is 10.4. The van der Waals surface area contributed by atoms with Crippen LogP contribution < -0.4 is 10.2 Å². The van der Waals surface area contributed by atoms with E-state index in [1.54, 1.807) is 7.05 Å². The standard InChI is InChI=1S/C9H16ClN5O/c1-3-15(5-4-6-16)9-13-7(10)12-8(11-2)14-9/h16H,3-6H2,1-2H3,(H,11,12,13,14). The SMILES string of the molecule is CCN(CCCO)c1nc(Cl)nc(NC)n1. The Morgan fingerprint density at radius 3 is 2.69 bits per heavy atom. The maximum absolute atomic E-state index is 8.79. The van der Waals surface area contributed by atoms with Crippen LogP contribution in [0.25, 0.3) is 0 Å². The van der Waals surface area contributed by atoms with E-state index < -0.39 is 0 Å². The number of hydrogen-bond donors (Lipinski definition) is 2. The molecule has 7 heteroatoms. The minimum absolute atomic E-state index is 0.147. The summed E-state index contributed by atoms with van der Waals surface area (Å²) in [6.07, 6.45) is 0.673. The lowest BCUT2D eigenvalue weighted by Crippen LogP contribution is -2.27. The molecule has 2 N–H and O–H groups in total. The first-order valence-electron chi connectivity index (χ1n) is 5.16. The third-order valence-corrected chi connectivity index (χ3v) is 2.24. The highest BCUT2D eigenvalue weighted by atomic mass is 35.5. The quantitative estimate of drug-likeness (QED) is 0.772. The highest BCUT2D eigenvalue weighted by Crippen LogP contribution is 2.13. The van der Waals surface area contributed by atoms with Gasteiger partial charge in [-0.3, -0.25) is 0 Å². The summed E-state index contributed by atoms with van der Waals surface area (Å²) in [5.41, 5.74) is 0. The van der Waals surface area contributed by atoms with Crippen molar-refractivity contribution < 1.29 is 5.11 Å². The fourth-order valence-electron chi connectivity index (χ4n) is 1.25. The summed E-state index contributed by atoms with van der Waals surface area (Å²) >= 11 is 5.79. The number of aliphatic hydroxyl groups is 1. The fraction of sp³-hybridized carbons (Fsp3) is 0.667. The number of aromatic nitrogens is 3. The number of anilines is 2. The molecular formula is C9H16ClN5O. The first-order valence-corrected chi connectivity index (χ1v) is 5.54. The average molecular weight is 246 g/mol. The molecule has 0 fully saturated rings. The number of hydrogen-bond acceptors (Lipinski definition) is 6. The van der Waals surface area contributed by atoms with Crippen molar-refractivity contribution in [3.63, 3.8) is 0 Å². The fourth-order valence-corrected chi connectivity index (χ4v) is 1.41. The highest BCUT2D eigenvalue weighted by Gasteiger charge is 2.10. The third-order valence-electron chi connectivity index (χ3n) is 2.07. The van der Waals surface area contributed by atoms with Gasteiger partial charge in [-0.15, -0.1) is 0 Å². The number of nitrogens with zero attached hydrogens (tertiary/aromatic N) is 4. The second-order valence-electron chi connectivity index (χ2n) is 3.13. The molecule has 16 heavy (non-hydrogen) atoms. The van der Waals surface area contributed by atoms with Gasteiger partial charge in [0, 0.05) is 26.7 Å². The Kier molecular flexibility index (Phi) is 5.21. The molecule has 1 aromatic rings. The van der Waals surface area contributed by atoms with Crippen LogP contribution in [0, 0.1) is 0 Å². The van der Waals surface area contributed by atoms with E-state index in [9.17, 15) is 0 Å². The lowest BCUT2D eigenvalue weighted by Gasteiger charge is -2.20. The van der Waals surface area contributed by atoms with Crippen molar-refractivity contribution in [3.8, 4) is 0 Å². The molecule has 0 saturated carbocycles. The Hall–Kier alpha value is -1.14. The van der Waals surface area contributed by atoms with Gasteiger partial charge in [0.1, 0.15) is 0 Å². The van der Waals surface area contributed by atoms with Crippen molar-refractivity contribution in [3.05, 3.63) is 5.28 Å². The predicted molar refractivity (Wildman–Crippen MR) is 64.0 cm³/mol. The summed E-state index contributed by atoms with van der Waals surface area (Å²) < 4.78 is 0. The number of rotatable bonds is 6. The molecule has 0 atom stereocenters. The van der Waals surface area contributed by atoms with Crippen LogP contribution in [0.2, 0.25) is 5.28 Å². The maximum Gasteiger partial charge on any atom is 0.231 e. The molecule has 0 aliphatic carbocycles. The summed E-state index contributed by atoms with van der Waals surface area (Å²) in [6, 6.07) is 0. The van der Waals surface area contributed by atoms with Crippen LogP contribution in [0.4, 0.5) is 11.9 Å². The lowest BCUT2D eigenvalue weighted by molar-refractivity contribution is 0.289. The molecule has 0 aliphatic rings. The smallest absolute Gasteiger partial charge is 0.231 e. The van der Waals surface area contributed by atoms with E-state index in [2.05, 4.69) is 20.3 Å². The zero-order valence-electron chi connectivity index (χ0n) is 9.44. The average Bonchev–Trinajstić information content (AvgIpc) is 2.29. The molecular weight excluding hydrogens is 230 g/mol. The topological polar surface area (TPSA) is 74.2 Å². The Morgan fingerprint density at radius 2 is 2.12 bits per heavy atom. The molecule has 6 nitrogen and oxygen atoms in total. The van der Waals surface area contributed by atoms with E-state index in [0.29, 0.717) is 24.9 Å².